The average molecular weight is 1500 g/mol. The molecule has 0 atom stereocenters. The summed E-state index contributed by atoms with van der Waals surface area (Å²) in [5.41, 5.74) is 35.2. The van der Waals surface area contributed by atoms with Crippen LogP contribution in [0.15, 0.2) is 382 Å². The zero-order valence-corrected chi connectivity index (χ0v) is 66.1. The van der Waals surface area contributed by atoms with E-state index in [-0.39, 0.29) is 17.5 Å². The highest BCUT2D eigenvalue weighted by molar-refractivity contribution is 7.00. The zero-order chi connectivity index (χ0) is 78.1. The maximum Gasteiger partial charge on any atom is 0.252 e. The lowest BCUT2D eigenvalue weighted by molar-refractivity contribution is 0.590. The number of benzene rings is 17. The Kier molecular flexibility index (Phi) is 15.2. The summed E-state index contributed by atoms with van der Waals surface area (Å²) in [4.78, 5) is 5.33. The van der Waals surface area contributed by atoms with E-state index < -0.39 is 0 Å². The molecular formula is C110H81BN6. The van der Waals surface area contributed by atoms with E-state index in [1.165, 1.54) is 81.6 Å². The van der Waals surface area contributed by atoms with Gasteiger partial charge in [-0.3, -0.25) is 0 Å². The first-order chi connectivity index (χ1) is 57.3. The Balaban J connectivity index is 0.867. The molecule has 6 heterocycles. The summed E-state index contributed by atoms with van der Waals surface area (Å²) in [7, 11) is 0. The first-order valence-electron chi connectivity index (χ1n) is 41.0. The van der Waals surface area contributed by atoms with E-state index in [1.807, 2.05) is 0 Å². The summed E-state index contributed by atoms with van der Waals surface area (Å²) in [6, 6.07) is 145. The summed E-state index contributed by atoms with van der Waals surface area (Å²) < 4.78 is 10.1. The second-order valence-corrected chi connectivity index (χ2v) is 34.1. The molecule has 0 fully saturated rings. The van der Waals surface area contributed by atoms with Crippen LogP contribution in [0.2, 0.25) is 0 Å². The Morgan fingerprint density at radius 2 is 0.453 bits per heavy atom. The summed E-state index contributed by atoms with van der Waals surface area (Å²) in [6.45, 7) is 13.8. The molecule has 21 aromatic rings. The van der Waals surface area contributed by atoms with Gasteiger partial charge in [0.25, 0.3) is 6.71 Å². The van der Waals surface area contributed by atoms with E-state index in [1.54, 1.807) is 0 Å². The Morgan fingerprint density at radius 3 is 0.795 bits per heavy atom. The number of hydrogen-bond donors (Lipinski definition) is 0. The molecule has 0 saturated heterocycles. The van der Waals surface area contributed by atoms with Crippen molar-refractivity contribution < 1.29 is 0 Å². The van der Waals surface area contributed by atoms with Gasteiger partial charge in [-0.1, -0.05) is 278 Å². The van der Waals surface area contributed by atoms with Crippen molar-refractivity contribution in [2.24, 2.45) is 0 Å². The molecule has 0 N–H and O–H groups in total. The number of hydrogen-bond acceptors (Lipinski definition) is 2. The number of nitrogens with zero attached hydrogens (tertiary/aromatic N) is 6. The van der Waals surface area contributed by atoms with E-state index >= 15 is 0 Å². The van der Waals surface area contributed by atoms with Crippen molar-refractivity contribution >= 4 is 144 Å². The molecule has 2 aliphatic heterocycles. The minimum Gasteiger partial charge on any atom is -0.311 e. The van der Waals surface area contributed by atoms with E-state index in [0.29, 0.717) is 0 Å². The second-order valence-electron chi connectivity index (χ2n) is 34.1. The van der Waals surface area contributed by atoms with Crippen LogP contribution in [0.5, 0.6) is 0 Å². The smallest absolute Gasteiger partial charge is 0.252 e. The van der Waals surface area contributed by atoms with Gasteiger partial charge in [-0.25, -0.2) is 0 Å². The van der Waals surface area contributed by atoms with Crippen LogP contribution in [-0.4, -0.2) is 25.0 Å². The molecule has 0 radical (unpaired) electrons. The number of anilines is 6. The van der Waals surface area contributed by atoms with Crippen LogP contribution in [0.3, 0.4) is 0 Å². The van der Waals surface area contributed by atoms with Gasteiger partial charge >= 0.3 is 0 Å². The van der Waals surface area contributed by atoms with E-state index in [4.69, 9.17) is 0 Å². The van der Waals surface area contributed by atoms with E-state index in [0.717, 1.165) is 134 Å². The lowest BCUT2D eigenvalue weighted by Gasteiger charge is -2.45. The molecule has 2 aliphatic rings. The third-order valence-corrected chi connectivity index (χ3v) is 25.2. The predicted molar refractivity (Wildman–Crippen MR) is 497 cm³/mol. The molecule has 7 heteroatoms. The van der Waals surface area contributed by atoms with Gasteiger partial charge in [0.05, 0.1) is 49.8 Å². The van der Waals surface area contributed by atoms with Gasteiger partial charge in [-0.2, -0.15) is 0 Å². The highest BCUT2D eigenvalue weighted by Gasteiger charge is 2.45. The molecule has 0 aliphatic carbocycles. The number of fused-ring (bicyclic) bond motifs is 16. The molecule has 4 aromatic heterocycles. The largest absolute Gasteiger partial charge is 0.311 e. The van der Waals surface area contributed by atoms with Gasteiger partial charge in [0.1, 0.15) is 0 Å². The van der Waals surface area contributed by atoms with Crippen molar-refractivity contribution in [3.63, 3.8) is 0 Å². The summed E-state index contributed by atoms with van der Waals surface area (Å²) in [6.07, 6.45) is 0. The maximum atomic E-state index is 2.67. The van der Waals surface area contributed by atoms with Crippen LogP contribution < -0.4 is 26.2 Å². The molecule has 0 bridgehead atoms. The fourth-order valence-corrected chi connectivity index (χ4v) is 19.6. The highest BCUT2D eigenvalue weighted by atomic mass is 15.2. The summed E-state index contributed by atoms with van der Waals surface area (Å²) in [5, 5.41) is 9.76. The van der Waals surface area contributed by atoms with Crippen LogP contribution in [0.1, 0.15) is 52.7 Å². The molecule has 6 nitrogen and oxygen atoms in total. The molecular weight excluding hydrogens is 1420 g/mol. The monoisotopic (exact) mass is 1500 g/mol. The topological polar surface area (TPSA) is 26.2 Å². The predicted octanol–water partition coefficient (Wildman–Crippen LogP) is 27.4. The number of para-hydroxylation sites is 5. The van der Waals surface area contributed by atoms with Crippen LogP contribution in [0.25, 0.3) is 154 Å². The summed E-state index contributed by atoms with van der Waals surface area (Å²) in [5.74, 6) is 0. The molecule has 117 heavy (non-hydrogen) atoms. The summed E-state index contributed by atoms with van der Waals surface area (Å²) >= 11 is 0. The Bertz CT molecular complexity index is 7350. The molecule has 0 spiro atoms. The molecule has 554 valence electrons. The standard InChI is InChI=1S/C110H81BN6/c1-109(2,3)78-47-54-101-91(63-78)92-64-79(110(4,5)6)48-55-102(92)115(101)85-68-106-108-107(69-85)117(84-61-76(72-33-15-9-16-34-72)58-77(62-84)73-35-17-10-18-36-73)105-67-82(114-100-46-28-23-41-90(100)93-65-80(51-56-103(93)114)112-96-42-24-19-37-86(96)87-38-20-25-43-97(87)112)50-53-95(105)111(108)94-52-49-81(113-98-44-26-21-39-88(98)89-40-22-27-45-99(89)113)66-104(94)116(106)83-59-74(70-29-11-7-12-30-70)57-75(60-83)71-31-13-8-14-32-71/h7-69H,1-6H3. The number of aromatic nitrogens is 4. The van der Waals surface area contributed by atoms with Gasteiger partial charge in [0, 0.05) is 94.3 Å². The van der Waals surface area contributed by atoms with Crippen LogP contribution >= 0.6 is 0 Å². The van der Waals surface area contributed by atoms with Crippen LogP contribution in [0, 0.1) is 0 Å². The van der Waals surface area contributed by atoms with Gasteiger partial charge in [0.15, 0.2) is 0 Å². The zero-order valence-electron chi connectivity index (χ0n) is 66.1. The lowest BCUT2D eigenvalue weighted by Crippen LogP contribution is -2.61. The molecule has 23 rings (SSSR count). The van der Waals surface area contributed by atoms with E-state index in [2.05, 4.69) is 452 Å². The fraction of sp³-hybridized carbons (Fsp3) is 0.0727. The third-order valence-electron chi connectivity index (χ3n) is 25.2. The average Bonchev–Trinajstić information content (AvgIpc) is 1.25. The van der Waals surface area contributed by atoms with Gasteiger partial charge < -0.3 is 28.1 Å². The number of rotatable bonds is 10. The molecule has 0 unspecified atom stereocenters. The van der Waals surface area contributed by atoms with Gasteiger partial charge in [-0.15, -0.1) is 0 Å². The molecule has 0 saturated carbocycles. The highest BCUT2D eigenvalue weighted by Crippen LogP contribution is 2.52. The minimum absolute atomic E-state index is 0.108. The Hall–Kier alpha value is -14.4. The normalized spacial score (nSPS) is 12.8. The lowest BCUT2D eigenvalue weighted by atomic mass is 9.33. The van der Waals surface area contributed by atoms with Crippen molar-refractivity contribution in [3.05, 3.63) is 393 Å². The Morgan fingerprint density at radius 1 is 0.188 bits per heavy atom. The van der Waals surface area contributed by atoms with Crippen molar-refractivity contribution in [1.82, 2.24) is 18.3 Å². The van der Waals surface area contributed by atoms with Crippen LogP contribution in [-0.2, 0) is 10.8 Å². The second kappa shape index (κ2) is 26.1. The van der Waals surface area contributed by atoms with Crippen LogP contribution in [0.4, 0.5) is 34.1 Å². The fourth-order valence-electron chi connectivity index (χ4n) is 19.6. The molecule has 17 aromatic carbocycles. The minimum atomic E-state index is -0.284. The quantitative estimate of drug-likeness (QED) is 0.128. The van der Waals surface area contributed by atoms with Crippen molar-refractivity contribution in [2.45, 2.75) is 52.4 Å². The van der Waals surface area contributed by atoms with Crippen molar-refractivity contribution in [1.29, 1.82) is 0 Å². The van der Waals surface area contributed by atoms with Crippen molar-refractivity contribution in [2.75, 3.05) is 9.80 Å². The van der Waals surface area contributed by atoms with Gasteiger partial charge in [-0.05, 0) is 228 Å². The molecule has 0 amide bonds. The van der Waals surface area contributed by atoms with E-state index in [9.17, 15) is 0 Å². The third kappa shape index (κ3) is 10.8. The first kappa shape index (κ1) is 68.2. The Labute approximate surface area is 680 Å². The maximum absolute atomic E-state index is 2.67. The van der Waals surface area contributed by atoms with Gasteiger partial charge in [0.2, 0.25) is 0 Å². The first-order valence-corrected chi connectivity index (χ1v) is 41.0. The van der Waals surface area contributed by atoms with Crippen molar-refractivity contribution in [3.8, 4) is 67.3 Å². The SMILES string of the molecule is CC(C)(C)c1ccc2c(c1)c1cc(C(C)(C)C)ccc1n2-c1cc2c3c(c1)N(c1cc(-c4ccccc4)cc(-c4ccccc4)c1)c1cc(-n4c5ccccc5c5cc(-n6c7ccccc7c7ccccc76)ccc54)ccc1B3c1ccc(-n3c4ccccc4c4ccccc43)cc1N2c1cc(-c2ccccc2)cc(-c2ccccc2)c1.